The monoisotopic (exact) mass is 702 g/mol. The van der Waals surface area contributed by atoms with Gasteiger partial charge in [-0.15, -0.1) is 0 Å². The topological polar surface area (TPSA) is 141 Å². The van der Waals surface area contributed by atoms with E-state index in [4.69, 9.17) is 9.97 Å². The summed E-state index contributed by atoms with van der Waals surface area (Å²) in [7, 11) is 0. The van der Waals surface area contributed by atoms with Crippen LogP contribution in [-0.2, 0) is 9.59 Å². The highest BCUT2D eigenvalue weighted by atomic mass is 16.1. The van der Waals surface area contributed by atoms with E-state index in [1.807, 2.05) is 109 Å². The summed E-state index contributed by atoms with van der Waals surface area (Å²) < 4.78 is 0. The van der Waals surface area contributed by atoms with Gasteiger partial charge in [-0.3, -0.25) is 19.6 Å². The summed E-state index contributed by atoms with van der Waals surface area (Å²) in [6, 6.07) is 31.5. The quantitative estimate of drug-likeness (QED) is 0.116. The Balaban J connectivity index is 1.46. The van der Waals surface area contributed by atoms with Crippen LogP contribution in [0, 0.1) is 0 Å². The minimum Gasteiger partial charge on any atom is -0.354 e. The van der Waals surface area contributed by atoms with Gasteiger partial charge >= 0.3 is 0 Å². The Labute approximate surface area is 309 Å². The maximum absolute atomic E-state index is 11.5. The number of hydrogen-bond donors (Lipinski definition) is 4. The highest BCUT2D eigenvalue weighted by Gasteiger charge is 2.19. The van der Waals surface area contributed by atoms with Gasteiger partial charge in [-0.25, -0.2) is 9.97 Å². The number of pyridine rings is 2. The maximum Gasteiger partial charge on any atom is 0.211 e. The number of carbonyl (C=O) groups excluding carboxylic acids is 2. The number of anilines is 2. The van der Waals surface area contributed by atoms with Crippen LogP contribution < -0.4 is 10.6 Å². The summed E-state index contributed by atoms with van der Waals surface area (Å²) in [4.78, 5) is 49.5. The lowest BCUT2D eigenvalue weighted by Gasteiger charge is -2.08. The van der Waals surface area contributed by atoms with Crippen LogP contribution in [0.2, 0.25) is 0 Å². The van der Waals surface area contributed by atoms with Crippen molar-refractivity contribution in [1.29, 1.82) is 0 Å². The van der Waals surface area contributed by atoms with Crippen molar-refractivity contribution in [1.82, 2.24) is 29.9 Å². The largest absolute Gasteiger partial charge is 0.354 e. The first-order chi connectivity index (χ1) is 26.7. The van der Waals surface area contributed by atoms with Gasteiger partial charge < -0.3 is 20.6 Å². The van der Waals surface area contributed by atoms with Crippen LogP contribution in [0.3, 0.4) is 0 Å². The molecule has 2 aliphatic rings. The molecule has 0 unspecified atom stereocenters. The number of amides is 2. The van der Waals surface area contributed by atoms with Crippen LogP contribution in [0.15, 0.2) is 122 Å². The lowest BCUT2D eigenvalue weighted by atomic mass is 10.0. The lowest BCUT2D eigenvalue weighted by molar-refractivity contribution is -0.106. The standard InChI is InChI=1S/C44H30N8O2/c53-25-47-31-5-1-3-29(23-31)43-37-11-9-35(50-37)41(27-15-19-45-20-16-27)33-7-8-34(49-33)42(28-17-21-46-22-18-28)36-10-12-38(51-36)44(40-14-13-39(43)52-40)30-4-2-6-32(24-30)48-26-54/h1-26,49,52H,(H,47,53)(H,48,54). The third-order valence-corrected chi connectivity index (χ3v) is 9.45. The second-order valence-corrected chi connectivity index (χ2v) is 12.7. The number of hydrogen-bond acceptors (Lipinski definition) is 6. The van der Waals surface area contributed by atoms with Crippen LogP contribution in [0.4, 0.5) is 11.4 Å². The zero-order valence-corrected chi connectivity index (χ0v) is 28.6. The van der Waals surface area contributed by atoms with E-state index in [0.29, 0.717) is 24.2 Å². The van der Waals surface area contributed by atoms with E-state index in [-0.39, 0.29) is 0 Å². The Hall–Kier alpha value is -7.72. The van der Waals surface area contributed by atoms with Gasteiger partial charge in [-0.2, -0.15) is 0 Å². The molecule has 2 aromatic carbocycles. The Morgan fingerprint density at radius 3 is 1.13 bits per heavy atom. The number of nitrogens with one attached hydrogen (secondary N) is 4. The van der Waals surface area contributed by atoms with Crippen molar-refractivity contribution in [3.8, 4) is 44.5 Å². The van der Waals surface area contributed by atoms with E-state index in [2.05, 4.69) is 42.7 Å². The van der Waals surface area contributed by atoms with E-state index < -0.39 is 0 Å². The number of benzene rings is 2. The van der Waals surface area contributed by atoms with Crippen LogP contribution in [-0.4, -0.2) is 42.7 Å². The predicted molar refractivity (Wildman–Crippen MR) is 216 cm³/mol. The molecule has 4 N–H and O–H groups in total. The third-order valence-electron chi connectivity index (χ3n) is 9.45. The second-order valence-electron chi connectivity index (χ2n) is 12.7. The number of nitrogens with zero attached hydrogens (tertiary/aromatic N) is 4. The molecular formula is C44H30N8O2. The van der Waals surface area contributed by atoms with E-state index in [1.54, 1.807) is 24.8 Å². The molecule has 10 heteroatoms. The number of carbonyl (C=O) groups is 2. The van der Waals surface area contributed by atoms with Gasteiger partial charge in [0.05, 0.1) is 22.8 Å². The predicted octanol–water partition coefficient (Wildman–Crippen LogP) is 9.25. The number of aromatic nitrogens is 6. The number of fused-ring (bicyclic) bond motifs is 8. The normalized spacial score (nSPS) is 11.7. The summed E-state index contributed by atoms with van der Waals surface area (Å²) in [6.45, 7) is 0. The van der Waals surface area contributed by atoms with Crippen molar-refractivity contribution in [2.75, 3.05) is 10.6 Å². The fourth-order valence-corrected chi connectivity index (χ4v) is 7.12. The minimum absolute atomic E-state index is 0.658. The van der Waals surface area contributed by atoms with E-state index in [0.717, 1.165) is 89.4 Å². The van der Waals surface area contributed by atoms with E-state index in [9.17, 15) is 9.59 Å². The molecule has 0 fully saturated rings. The Morgan fingerprint density at radius 2 is 0.778 bits per heavy atom. The van der Waals surface area contributed by atoms with Gasteiger partial charge in [0.25, 0.3) is 0 Å². The van der Waals surface area contributed by atoms with Gasteiger partial charge in [0.1, 0.15) is 0 Å². The van der Waals surface area contributed by atoms with Crippen molar-refractivity contribution < 1.29 is 9.59 Å². The Bertz CT molecular complexity index is 2630. The van der Waals surface area contributed by atoms with Gasteiger partial charge in [-0.1, -0.05) is 24.3 Å². The second kappa shape index (κ2) is 13.8. The summed E-state index contributed by atoms with van der Waals surface area (Å²) >= 11 is 0. The van der Waals surface area contributed by atoms with Crippen molar-refractivity contribution in [2.45, 2.75) is 0 Å². The molecule has 9 rings (SSSR count). The molecule has 54 heavy (non-hydrogen) atoms. The molecule has 10 nitrogen and oxygen atoms in total. The zero-order chi connectivity index (χ0) is 36.4. The Morgan fingerprint density at radius 1 is 0.426 bits per heavy atom. The lowest BCUT2D eigenvalue weighted by Crippen LogP contribution is -1.94. The molecule has 2 amide bonds. The molecular weight excluding hydrogens is 673 g/mol. The van der Waals surface area contributed by atoms with E-state index in [1.165, 1.54) is 0 Å². The molecule has 0 radical (unpaired) electrons. The average molecular weight is 703 g/mol. The molecule has 5 aromatic heterocycles. The van der Waals surface area contributed by atoms with E-state index >= 15 is 0 Å². The first-order valence-corrected chi connectivity index (χ1v) is 17.2. The first-order valence-electron chi connectivity index (χ1n) is 17.2. The molecule has 8 bridgehead atoms. The molecule has 7 heterocycles. The van der Waals surface area contributed by atoms with Gasteiger partial charge in [0, 0.05) is 80.5 Å². The Kier molecular flexibility index (Phi) is 8.22. The summed E-state index contributed by atoms with van der Waals surface area (Å²) in [5.41, 5.74) is 14.8. The fraction of sp³-hybridized carbons (Fsp3) is 0. The maximum atomic E-state index is 11.5. The van der Waals surface area contributed by atoms with Crippen LogP contribution in [0.5, 0.6) is 0 Å². The number of rotatable bonds is 8. The summed E-state index contributed by atoms with van der Waals surface area (Å²) in [6.07, 6.45) is 16.6. The fourth-order valence-electron chi connectivity index (χ4n) is 7.12. The van der Waals surface area contributed by atoms with Crippen molar-refractivity contribution in [3.05, 3.63) is 145 Å². The molecule has 0 aliphatic carbocycles. The van der Waals surface area contributed by atoms with Crippen LogP contribution in [0.25, 0.3) is 90.9 Å². The van der Waals surface area contributed by atoms with Crippen molar-refractivity contribution in [2.24, 2.45) is 0 Å². The third kappa shape index (κ3) is 5.93. The molecule has 0 atom stereocenters. The molecule has 0 saturated carbocycles. The van der Waals surface area contributed by atoms with Gasteiger partial charge in [0.15, 0.2) is 0 Å². The molecule has 0 saturated heterocycles. The number of H-pyrrole nitrogens is 2. The SMILES string of the molecule is O=CNc1cccc(-c2c3nc(c(-c4ccncc4)c4ccc([nH]4)c(-c4ccncc4)c4nc(c(-c5cccc(NC=O)c5)c5ccc2[nH]5)C=C4)C=C3)c1. The van der Waals surface area contributed by atoms with Crippen LogP contribution in [0.1, 0.15) is 22.8 Å². The first kappa shape index (κ1) is 32.2. The van der Waals surface area contributed by atoms with Gasteiger partial charge in [0.2, 0.25) is 12.8 Å². The molecule has 0 spiro atoms. The zero-order valence-electron chi connectivity index (χ0n) is 28.6. The summed E-state index contributed by atoms with van der Waals surface area (Å²) in [5, 5.41) is 5.57. The average Bonchev–Trinajstić information content (AvgIpc) is 4.04. The highest BCUT2D eigenvalue weighted by Crippen LogP contribution is 2.38. The van der Waals surface area contributed by atoms with Crippen LogP contribution >= 0.6 is 0 Å². The molecule has 7 aromatic rings. The van der Waals surface area contributed by atoms with Gasteiger partial charge in [-0.05, 0) is 119 Å². The summed E-state index contributed by atoms with van der Waals surface area (Å²) in [5.74, 6) is 0. The highest BCUT2D eigenvalue weighted by molar-refractivity contribution is 6.00. The number of aromatic amines is 2. The smallest absolute Gasteiger partial charge is 0.211 e. The minimum atomic E-state index is 0.658. The molecule has 2 aliphatic heterocycles. The molecule has 258 valence electrons. The van der Waals surface area contributed by atoms with Crippen molar-refractivity contribution >= 4 is 70.6 Å². The van der Waals surface area contributed by atoms with Crippen molar-refractivity contribution in [3.63, 3.8) is 0 Å².